The highest BCUT2D eigenvalue weighted by molar-refractivity contribution is 5.90. The van der Waals surface area contributed by atoms with Gasteiger partial charge in [0.2, 0.25) is 0 Å². The smallest absolute Gasteiger partial charge is 0.331 e. The lowest BCUT2D eigenvalue weighted by molar-refractivity contribution is -0.142. The van der Waals surface area contributed by atoms with Gasteiger partial charge < -0.3 is 14.6 Å². The van der Waals surface area contributed by atoms with E-state index in [9.17, 15) is 14.4 Å². The van der Waals surface area contributed by atoms with Crippen molar-refractivity contribution in [2.75, 3.05) is 7.11 Å². The molecule has 0 unspecified atom stereocenters. The van der Waals surface area contributed by atoms with Crippen LogP contribution in [0.4, 0.5) is 0 Å². The van der Waals surface area contributed by atoms with Crippen molar-refractivity contribution in [1.82, 2.24) is 0 Å². The van der Waals surface area contributed by atoms with Crippen LogP contribution in [0.25, 0.3) is 0 Å². The summed E-state index contributed by atoms with van der Waals surface area (Å²) in [6.07, 6.45) is 2.51. The molecule has 0 amide bonds. The monoisotopic (exact) mass is 300 g/mol. The van der Waals surface area contributed by atoms with Crippen LogP contribution in [0.15, 0.2) is 37.0 Å². The maximum atomic E-state index is 10.6. The standard InChI is InChI=1S/C7H10O4.C4H6O2.C4H8/c1-5(2)11-7(10)4-3-6(8)9;1-3-4(5)6-2;1-4(2)3/h3-5H,1-2H3,(H,8,9);3H,1H2,2H3;1H2,2-3H3. The second kappa shape index (κ2) is 15.7. The molecule has 6 nitrogen and oxygen atoms in total. The molecule has 120 valence electrons. The highest BCUT2D eigenvalue weighted by Crippen LogP contribution is 1.89. The average molecular weight is 300 g/mol. The number of hydrogen-bond donors (Lipinski definition) is 1. The number of aliphatic carboxylic acids is 1. The largest absolute Gasteiger partial charge is 0.478 e. The predicted molar refractivity (Wildman–Crippen MR) is 80.7 cm³/mol. The lowest BCUT2D eigenvalue weighted by atomic mass is 10.4. The first-order valence-corrected chi connectivity index (χ1v) is 6.00. The van der Waals surface area contributed by atoms with Gasteiger partial charge in [-0.2, -0.15) is 0 Å². The topological polar surface area (TPSA) is 89.9 Å². The Balaban J connectivity index is -0.000000272. The SMILES string of the molecule is C=C(C)C.C=CC(=O)OC.CC(C)OC(=O)C=CC(=O)O. The van der Waals surface area contributed by atoms with Crippen molar-refractivity contribution in [2.24, 2.45) is 0 Å². The molecule has 0 aromatic rings. The van der Waals surface area contributed by atoms with Gasteiger partial charge in [-0.1, -0.05) is 12.2 Å². The summed E-state index contributed by atoms with van der Waals surface area (Å²) in [7, 11) is 1.31. The quantitative estimate of drug-likeness (QED) is 0.487. The normalized spacial score (nSPS) is 8.67. The molecule has 0 spiro atoms. The molecule has 21 heavy (non-hydrogen) atoms. The van der Waals surface area contributed by atoms with E-state index in [1.165, 1.54) is 12.7 Å². The van der Waals surface area contributed by atoms with Crippen LogP contribution in [0.2, 0.25) is 0 Å². The molecule has 0 aliphatic heterocycles. The maximum absolute atomic E-state index is 10.6. The summed E-state index contributed by atoms with van der Waals surface area (Å²) in [6, 6.07) is 0. The van der Waals surface area contributed by atoms with Gasteiger partial charge in [-0.15, -0.1) is 6.58 Å². The van der Waals surface area contributed by atoms with Crippen molar-refractivity contribution in [3.63, 3.8) is 0 Å². The van der Waals surface area contributed by atoms with Crippen molar-refractivity contribution >= 4 is 17.9 Å². The van der Waals surface area contributed by atoms with Crippen LogP contribution in [0.1, 0.15) is 27.7 Å². The highest BCUT2D eigenvalue weighted by Gasteiger charge is 2.00. The van der Waals surface area contributed by atoms with Crippen LogP contribution < -0.4 is 0 Å². The second-order valence-electron chi connectivity index (χ2n) is 4.09. The number of hydrogen-bond acceptors (Lipinski definition) is 5. The third-order valence-electron chi connectivity index (χ3n) is 1.08. The van der Waals surface area contributed by atoms with Crippen molar-refractivity contribution in [1.29, 1.82) is 0 Å². The molecule has 0 bridgehead atoms. The van der Waals surface area contributed by atoms with E-state index in [2.05, 4.69) is 22.6 Å². The molecule has 0 aromatic carbocycles. The Bertz CT molecular complexity index is 376. The molecular weight excluding hydrogens is 276 g/mol. The van der Waals surface area contributed by atoms with Crippen molar-refractivity contribution in [3.05, 3.63) is 37.0 Å². The van der Waals surface area contributed by atoms with Crippen molar-refractivity contribution in [3.8, 4) is 0 Å². The zero-order valence-electron chi connectivity index (χ0n) is 13.2. The minimum Gasteiger partial charge on any atom is -0.478 e. The van der Waals surface area contributed by atoms with E-state index in [1.54, 1.807) is 13.8 Å². The third-order valence-corrected chi connectivity index (χ3v) is 1.08. The van der Waals surface area contributed by atoms with Crippen LogP contribution >= 0.6 is 0 Å². The van der Waals surface area contributed by atoms with Gasteiger partial charge in [0.15, 0.2) is 0 Å². The van der Waals surface area contributed by atoms with E-state index in [-0.39, 0.29) is 6.10 Å². The molecule has 1 N–H and O–H groups in total. The summed E-state index contributed by atoms with van der Waals surface area (Å²) in [5, 5.41) is 8.10. The Morgan fingerprint density at radius 2 is 1.52 bits per heavy atom. The predicted octanol–water partition coefficient (Wildman–Crippen LogP) is 2.51. The molecule has 0 fully saturated rings. The number of allylic oxidation sites excluding steroid dienone is 1. The second-order valence-corrected chi connectivity index (χ2v) is 4.09. The number of esters is 2. The Morgan fingerprint density at radius 3 is 1.71 bits per heavy atom. The average Bonchev–Trinajstić information content (AvgIpc) is 2.34. The summed E-state index contributed by atoms with van der Waals surface area (Å²) in [5.41, 5.74) is 1.17. The number of rotatable bonds is 4. The summed E-state index contributed by atoms with van der Waals surface area (Å²) in [4.78, 5) is 30.3. The summed E-state index contributed by atoms with van der Waals surface area (Å²) < 4.78 is 8.75. The molecule has 0 radical (unpaired) electrons. The maximum Gasteiger partial charge on any atom is 0.331 e. The first-order chi connectivity index (χ1) is 9.56. The molecule has 6 heteroatoms. The highest BCUT2D eigenvalue weighted by atomic mass is 16.5. The van der Waals surface area contributed by atoms with E-state index in [0.717, 1.165) is 18.2 Å². The Hall–Kier alpha value is -2.37. The van der Waals surface area contributed by atoms with E-state index in [1.807, 2.05) is 13.8 Å². The van der Waals surface area contributed by atoms with E-state index >= 15 is 0 Å². The van der Waals surface area contributed by atoms with Gasteiger partial charge in [-0.25, -0.2) is 14.4 Å². The Morgan fingerprint density at radius 1 is 1.10 bits per heavy atom. The van der Waals surface area contributed by atoms with Crippen LogP contribution in [-0.2, 0) is 23.9 Å². The van der Waals surface area contributed by atoms with Gasteiger partial charge in [0.25, 0.3) is 0 Å². The number of carbonyl (C=O) groups is 3. The fraction of sp³-hybridized carbons (Fsp3) is 0.400. The summed E-state index contributed by atoms with van der Waals surface area (Å²) >= 11 is 0. The molecule has 0 rings (SSSR count). The van der Waals surface area contributed by atoms with Crippen LogP contribution in [0.5, 0.6) is 0 Å². The molecule has 0 saturated heterocycles. The molecular formula is C15H24O6. The van der Waals surface area contributed by atoms with Crippen molar-refractivity contribution < 1.29 is 29.0 Å². The van der Waals surface area contributed by atoms with Gasteiger partial charge in [-0.3, -0.25) is 0 Å². The van der Waals surface area contributed by atoms with Gasteiger partial charge in [0, 0.05) is 18.2 Å². The van der Waals surface area contributed by atoms with E-state index in [0.29, 0.717) is 0 Å². The number of methoxy groups -OCH3 is 1. The fourth-order valence-corrected chi connectivity index (χ4v) is 0.494. The van der Waals surface area contributed by atoms with Crippen LogP contribution in [0.3, 0.4) is 0 Å². The van der Waals surface area contributed by atoms with E-state index in [4.69, 9.17) is 5.11 Å². The van der Waals surface area contributed by atoms with Gasteiger partial charge in [0.05, 0.1) is 13.2 Å². The molecule has 0 saturated carbocycles. The minimum atomic E-state index is -1.16. The molecule has 0 aromatic heterocycles. The lowest BCUT2D eigenvalue weighted by Gasteiger charge is -2.02. The van der Waals surface area contributed by atoms with Gasteiger partial charge in [0.1, 0.15) is 0 Å². The molecule has 0 heterocycles. The minimum absolute atomic E-state index is 0.221. The fourth-order valence-electron chi connectivity index (χ4n) is 0.494. The molecule has 0 atom stereocenters. The Labute approximate surface area is 125 Å². The van der Waals surface area contributed by atoms with Crippen molar-refractivity contribution in [2.45, 2.75) is 33.8 Å². The van der Waals surface area contributed by atoms with E-state index < -0.39 is 17.9 Å². The summed E-state index contributed by atoms with van der Waals surface area (Å²) in [5.74, 6) is -2.19. The third kappa shape index (κ3) is 38.1. The molecule has 0 aliphatic carbocycles. The zero-order valence-corrected chi connectivity index (χ0v) is 13.2. The number of carbonyl (C=O) groups excluding carboxylic acids is 2. The van der Waals surface area contributed by atoms with Crippen LogP contribution in [0, 0.1) is 0 Å². The van der Waals surface area contributed by atoms with Gasteiger partial charge >= 0.3 is 17.9 Å². The number of carboxylic acid groups (broad SMARTS) is 1. The first kappa shape index (κ1) is 23.7. The van der Waals surface area contributed by atoms with Crippen LogP contribution in [-0.4, -0.2) is 36.2 Å². The first-order valence-electron chi connectivity index (χ1n) is 6.00. The number of carboxylic acids is 1. The Kier molecular flexibility index (Phi) is 17.7. The van der Waals surface area contributed by atoms with Gasteiger partial charge in [-0.05, 0) is 27.7 Å². The molecule has 0 aliphatic rings. The summed E-state index contributed by atoms with van der Waals surface area (Å²) in [6.45, 7) is 14.0. The number of ether oxygens (including phenoxy) is 2. The zero-order chi connectivity index (χ0) is 17.4. The lowest BCUT2D eigenvalue weighted by Crippen LogP contribution is -2.08.